The molecule has 0 bridgehead atoms. The molecule has 118 valence electrons. The Balaban J connectivity index is 2.21. The van der Waals surface area contributed by atoms with Gasteiger partial charge < -0.3 is 15.2 Å². The standard InChI is InChI=1S/C15H21F2NO3/c1-2-9-15(16,17)13(19)8-10-18-14(20)21-11-12-6-4-3-5-7-12/h3-7,13,19H,2,8-11H2,1H3,(H,18,20). The molecule has 0 aliphatic heterocycles. The first kappa shape index (κ1) is 17.4. The highest BCUT2D eigenvalue weighted by Gasteiger charge is 2.36. The summed E-state index contributed by atoms with van der Waals surface area (Å²) in [6.07, 6.45) is -2.74. The van der Waals surface area contributed by atoms with Gasteiger partial charge in [0.05, 0.1) is 0 Å². The number of carbonyl (C=O) groups excluding carboxylic acids is 1. The van der Waals surface area contributed by atoms with E-state index in [0.717, 1.165) is 5.56 Å². The van der Waals surface area contributed by atoms with Crippen LogP contribution in [0.15, 0.2) is 30.3 Å². The third-order valence-electron chi connectivity index (χ3n) is 2.97. The molecule has 0 saturated heterocycles. The monoisotopic (exact) mass is 301 g/mol. The molecule has 6 heteroatoms. The Kier molecular flexibility index (Phi) is 7.08. The third-order valence-corrected chi connectivity index (χ3v) is 2.97. The first-order valence-corrected chi connectivity index (χ1v) is 6.96. The van der Waals surface area contributed by atoms with E-state index in [1.807, 2.05) is 30.3 Å². The molecule has 0 radical (unpaired) electrons. The number of nitrogens with one attached hydrogen (secondary N) is 1. The topological polar surface area (TPSA) is 58.6 Å². The Labute approximate surface area is 123 Å². The van der Waals surface area contributed by atoms with Gasteiger partial charge in [0.15, 0.2) is 0 Å². The zero-order valence-electron chi connectivity index (χ0n) is 12.0. The molecule has 1 rings (SSSR count). The van der Waals surface area contributed by atoms with Crippen LogP contribution in [0.2, 0.25) is 0 Å². The molecule has 0 aliphatic carbocycles. The summed E-state index contributed by atoms with van der Waals surface area (Å²) in [5.74, 6) is -3.12. The second kappa shape index (κ2) is 8.56. The van der Waals surface area contributed by atoms with Gasteiger partial charge in [0.1, 0.15) is 12.7 Å². The molecule has 1 aromatic rings. The minimum atomic E-state index is -3.12. The predicted octanol–water partition coefficient (Wildman–Crippen LogP) is 3.10. The van der Waals surface area contributed by atoms with E-state index in [2.05, 4.69) is 5.32 Å². The summed E-state index contributed by atoms with van der Waals surface area (Å²) in [5, 5.41) is 11.7. The highest BCUT2D eigenvalue weighted by atomic mass is 19.3. The van der Waals surface area contributed by atoms with Crippen LogP contribution in [0.1, 0.15) is 31.7 Å². The summed E-state index contributed by atoms with van der Waals surface area (Å²) in [6, 6.07) is 9.11. The van der Waals surface area contributed by atoms with Gasteiger partial charge in [-0.15, -0.1) is 0 Å². The molecule has 0 saturated carbocycles. The number of aliphatic hydroxyl groups excluding tert-OH is 1. The van der Waals surface area contributed by atoms with E-state index in [0.29, 0.717) is 0 Å². The fourth-order valence-electron chi connectivity index (χ4n) is 1.80. The number of amides is 1. The minimum absolute atomic E-state index is 0.0614. The molecule has 0 aliphatic rings. The highest BCUT2D eigenvalue weighted by molar-refractivity contribution is 5.67. The van der Waals surface area contributed by atoms with E-state index in [-0.39, 0.29) is 32.4 Å². The summed E-state index contributed by atoms with van der Waals surface area (Å²) in [5.41, 5.74) is 0.835. The first-order valence-electron chi connectivity index (χ1n) is 6.96. The average Bonchev–Trinajstić information content (AvgIpc) is 2.46. The number of aliphatic hydroxyl groups is 1. The Morgan fingerprint density at radius 2 is 2.05 bits per heavy atom. The number of rotatable bonds is 8. The zero-order chi connectivity index (χ0) is 15.7. The number of carbonyl (C=O) groups is 1. The van der Waals surface area contributed by atoms with E-state index in [1.54, 1.807) is 6.92 Å². The molecule has 2 N–H and O–H groups in total. The molecule has 0 heterocycles. The van der Waals surface area contributed by atoms with E-state index >= 15 is 0 Å². The van der Waals surface area contributed by atoms with Crippen molar-refractivity contribution in [1.82, 2.24) is 5.32 Å². The van der Waals surface area contributed by atoms with Gasteiger partial charge in [-0.3, -0.25) is 0 Å². The maximum absolute atomic E-state index is 13.3. The number of benzene rings is 1. The predicted molar refractivity (Wildman–Crippen MR) is 75.1 cm³/mol. The summed E-state index contributed by atoms with van der Waals surface area (Å²) in [7, 11) is 0. The number of hydrogen-bond donors (Lipinski definition) is 2. The molecule has 1 atom stereocenters. The van der Waals surface area contributed by atoms with E-state index in [9.17, 15) is 18.7 Å². The lowest BCUT2D eigenvalue weighted by Crippen LogP contribution is -2.37. The molecule has 1 aromatic carbocycles. The largest absolute Gasteiger partial charge is 0.445 e. The van der Waals surface area contributed by atoms with Crippen LogP contribution >= 0.6 is 0 Å². The van der Waals surface area contributed by atoms with Crippen LogP contribution in [-0.2, 0) is 11.3 Å². The Morgan fingerprint density at radius 3 is 2.67 bits per heavy atom. The third kappa shape index (κ3) is 6.53. The molecular formula is C15H21F2NO3. The lowest BCUT2D eigenvalue weighted by atomic mass is 10.1. The highest BCUT2D eigenvalue weighted by Crippen LogP contribution is 2.26. The van der Waals surface area contributed by atoms with Crippen LogP contribution in [0.3, 0.4) is 0 Å². The van der Waals surface area contributed by atoms with Gasteiger partial charge in [0.2, 0.25) is 0 Å². The van der Waals surface area contributed by atoms with Crippen molar-refractivity contribution in [3.63, 3.8) is 0 Å². The van der Waals surface area contributed by atoms with Crippen molar-refractivity contribution in [1.29, 1.82) is 0 Å². The Hall–Kier alpha value is -1.69. The van der Waals surface area contributed by atoms with Crippen molar-refractivity contribution in [3.05, 3.63) is 35.9 Å². The van der Waals surface area contributed by atoms with Gasteiger partial charge in [0.25, 0.3) is 5.92 Å². The Morgan fingerprint density at radius 1 is 1.38 bits per heavy atom. The number of ether oxygens (including phenoxy) is 1. The van der Waals surface area contributed by atoms with Gasteiger partial charge in [-0.25, -0.2) is 13.6 Å². The smallest absolute Gasteiger partial charge is 0.407 e. The fourth-order valence-corrected chi connectivity index (χ4v) is 1.80. The van der Waals surface area contributed by atoms with Crippen LogP contribution in [0, 0.1) is 0 Å². The van der Waals surface area contributed by atoms with Crippen molar-refractivity contribution >= 4 is 6.09 Å². The first-order chi connectivity index (χ1) is 9.95. The minimum Gasteiger partial charge on any atom is -0.445 e. The summed E-state index contributed by atoms with van der Waals surface area (Å²) >= 11 is 0. The van der Waals surface area contributed by atoms with Crippen molar-refractivity contribution < 1.29 is 23.4 Å². The van der Waals surface area contributed by atoms with Gasteiger partial charge in [0, 0.05) is 13.0 Å². The molecule has 4 nitrogen and oxygen atoms in total. The Bertz CT molecular complexity index is 426. The SMILES string of the molecule is CCCC(F)(F)C(O)CCNC(=O)OCc1ccccc1. The molecule has 0 fully saturated rings. The van der Waals surface area contributed by atoms with Crippen molar-refractivity contribution in [2.75, 3.05) is 6.54 Å². The second-order valence-corrected chi connectivity index (χ2v) is 4.80. The van der Waals surface area contributed by atoms with Gasteiger partial charge in [-0.2, -0.15) is 0 Å². The van der Waals surface area contributed by atoms with E-state index in [4.69, 9.17) is 4.74 Å². The quantitative estimate of drug-likeness (QED) is 0.775. The van der Waals surface area contributed by atoms with E-state index < -0.39 is 18.1 Å². The van der Waals surface area contributed by atoms with Crippen LogP contribution in [-0.4, -0.2) is 29.8 Å². The molecular weight excluding hydrogens is 280 g/mol. The lowest BCUT2D eigenvalue weighted by Gasteiger charge is -2.22. The number of halogens is 2. The van der Waals surface area contributed by atoms with Crippen LogP contribution in [0.5, 0.6) is 0 Å². The van der Waals surface area contributed by atoms with Gasteiger partial charge in [-0.1, -0.05) is 43.7 Å². The maximum Gasteiger partial charge on any atom is 0.407 e. The lowest BCUT2D eigenvalue weighted by molar-refractivity contribution is -0.115. The van der Waals surface area contributed by atoms with Crippen LogP contribution < -0.4 is 5.32 Å². The summed E-state index contributed by atoms with van der Waals surface area (Å²) in [4.78, 5) is 11.4. The van der Waals surface area contributed by atoms with Crippen LogP contribution in [0.25, 0.3) is 0 Å². The number of hydrogen-bond acceptors (Lipinski definition) is 3. The van der Waals surface area contributed by atoms with Crippen LogP contribution in [0.4, 0.5) is 13.6 Å². The summed E-state index contributed by atoms with van der Waals surface area (Å²) < 4.78 is 31.6. The fraction of sp³-hybridized carbons (Fsp3) is 0.533. The second-order valence-electron chi connectivity index (χ2n) is 4.80. The van der Waals surface area contributed by atoms with Crippen molar-refractivity contribution in [2.24, 2.45) is 0 Å². The molecule has 0 aromatic heterocycles. The van der Waals surface area contributed by atoms with Gasteiger partial charge in [-0.05, 0) is 12.0 Å². The van der Waals surface area contributed by atoms with Crippen molar-refractivity contribution in [2.45, 2.75) is 44.8 Å². The number of alkyl carbamates (subject to hydrolysis) is 1. The summed E-state index contributed by atoms with van der Waals surface area (Å²) in [6.45, 7) is 1.68. The number of alkyl halides is 2. The molecule has 1 unspecified atom stereocenters. The average molecular weight is 301 g/mol. The molecule has 21 heavy (non-hydrogen) atoms. The zero-order valence-corrected chi connectivity index (χ0v) is 12.0. The normalized spacial score (nSPS) is 12.8. The molecule has 1 amide bonds. The van der Waals surface area contributed by atoms with Crippen molar-refractivity contribution in [3.8, 4) is 0 Å². The molecule has 0 spiro atoms. The van der Waals surface area contributed by atoms with Gasteiger partial charge >= 0.3 is 6.09 Å². The van der Waals surface area contributed by atoms with E-state index in [1.165, 1.54) is 0 Å². The maximum atomic E-state index is 13.3.